The summed E-state index contributed by atoms with van der Waals surface area (Å²) in [4.78, 5) is 11.7. The number of esters is 1. The Labute approximate surface area is 98.6 Å². The summed E-state index contributed by atoms with van der Waals surface area (Å²) in [7, 11) is 0. The number of ether oxygens (including phenoxy) is 1. The number of nitrogens with one attached hydrogen (secondary N) is 1. The first-order valence-corrected chi connectivity index (χ1v) is 5.49. The number of hydrogen-bond donors (Lipinski definition) is 1. The highest BCUT2D eigenvalue weighted by atomic mass is 16.5. The second-order valence-corrected chi connectivity index (χ2v) is 3.46. The van der Waals surface area contributed by atoms with Crippen molar-refractivity contribution in [3.8, 4) is 11.1 Å². The van der Waals surface area contributed by atoms with Crippen molar-refractivity contribution in [2.24, 2.45) is 0 Å². The largest absolute Gasteiger partial charge is 0.461 e. The van der Waals surface area contributed by atoms with Crippen molar-refractivity contribution in [3.63, 3.8) is 0 Å². The lowest BCUT2D eigenvalue weighted by Gasteiger charge is -2.00. The van der Waals surface area contributed by atoms with E-state index in [1.807, 2.05) is 13.1 Å². The molecule has 90 valence electrons. The van der Waals surface area contributed by atoms with Crippen LogP contribution >= 0.6 is 0 Å². The van der Waals surface area contributed by atoms with Crippen LogP contribution in [-0.4, -0.2) is 32.6 Å². The second-order valence-electron chi connectivity index (χ2n) is 3.46. The van der Waals surface area contributed by atoms with Gasteiger partial charge in [-0.3, -0.25) is 9.78 Å². The summed E-state index contributed by atoms with van der Waals surface area (Å²) in [6.07, 6.45) is 5.17. The fourth-order valence-electron chi connectivity index (χ4n) is 1.54. The Balaban J connectivity index is 2.33. The molecule has 0 saturated carbocycles. The second kappa shape index (κ2) is 4.82. The lowest BCUT2D eigenvalue weighted by Crippen LogP contribution is -2.06. The Bertz CT molecular complexity index is 515. The number of hydrogen-bond acceptors (Lipinski definition) is 4. The van der Waals surface area contributed by atoms with E-state index in [0.29, 0.717) is 17.9 Å². The molecule has 0 aromatic carbocycles. The van der Waals surface area contributed by atoms with Gasteiger partial charge in [-0.15, -0.1) is 0 Å². The van der Waals surface area contributed by atoms with Crippen molar-refractivity contribution in [1.82, 2.24) is 20.0 Å². The number of carbonyl (C=O) groups is 1. The van der Waals surface area contributed by atoms with Crippen LogP contribution in [0, 0.1) is 0 Å². The Morgan fingerprint density at radius 1 is 1.47 bits per heavy atom. The quantitative estimate of drug-likeness (QED) is 0.813. The standard InChI is InChI=1S/C11H14N4O2/c1-3-15-7-8(5-13-15)9-6-12-14-10(9)11(16)17-4-2/h5-7H,3-4H2,1-2H3,(H,12,14). The van der Waals surface area contributed by atoms with Crippen LogP contribution in [0.4, 0.5) is 0 Å². The highest BCUT2D eigenvalue weighted by Gasteiger charge is 2.17. The van der Waals surface area contributed by atoms with Crippen molar-refractivity contribution >= 4 is 5.97 Å². The van der Waals surface area contributed by atoms with E-state index in [1.54, 1.807) is 24.0 Å². The molecule has 17 heavy (non-hydrogen) atoms. The Morgan fingerprint density at radius 2 is 2.29 bits per heavy atom. The molecule has 0 amide bonds. The molecule has 0 saturated heterocycles. The summed E-state index contributed by atoms with van der Waals surface area (Å²) in [6, 6.07) is 0. The van der Waals surface area contributed by atoms with Gasteiger partial charge in [0, 0.05) is 23.9 Å². The molecule has 6 heteroatoms. The normalized spacial score (nSPS) is 10.5. The molecule has 0 fully saturated rings. The topological polar surface area (TPSA) is 72.8 Å². The molecule has 0 unspecified atom stereocenters. The van der Waals surface area contributed by atoms with Crippen LogP contribution in [0.2, 0.25) is 0 Å². The third-order valence-electron chi connectivity index (χ3n) is 2.39. The molecule has 0 aliphatic carbocycles. The predicted octanol–water partition coefficient (Wildman–Crippen LogP) is 1.47. The summed E-state index contributed by atoms with van der Waals surface area (Å²) < 4.78 is 6.73. The maximum Gasteiger partial charge on any atom is 0.356 e. The molecule has 2 heterocycles. The minimum atomic E-state index is -0.399. The minimum absolute atomic E-state index is 0.339. The van der Waals surface area contributed by atoms with Crippen LogP contribution in [0.1, 0.15) is 24.3 Å². The van der Waals surface area contributed by atoms with Crippen molar-refractivity contribution < 1.29 is 9.53 Å². The number of carbonyl (C=O) groups excluding carboxylic acids is 1. The van der Waals surface area contributed by atoms with E-state index >= 15 is 0 Å². The van der Waals surface area contributed by atoms with Crippen molar-refractivity contribution in [1.29, 1.82) is 0 Å². The summed E-state index contributed by atoms with van der Waals surface area (Å²) in [5.41, 5.74) is 1.93. The van der Waals surface area contributed by atoms with Gasteiger partial charge in [0.2, 0.25) is 0 Å². The van der Waals surface area contributed by atoms with E-state index in [9.17, 15) is 4.79 Å². The number of aryl methyl sites for hydroxylation is 1. The molecule has 0 atom stereocenters. The smallest absolute Gasteiger partial charge is 0.356 e. The Morgan fingerprint density at radius 3 is 2.94 bits per heavy atom. The summed E-state index contributed by atoms with van der Waals surface area (Å²) in [5.74, 6) is -0.399. The van der Waals surface area contributed by atoms with Crippen LogP contribution in [0.25, 0.3) is 11.1 Å². The molecular formula is C11H14N4O2. The van der Waals surface area contributed by atoms with Crippen molar-refractivity contribution in [3.05, 3.63) is 24.3 Å². The zero-order valence-corrected chi connectivity index (χ0v) is 9.80. The maximum atomic E-state index is 11.7. The van der Waals surface area contributed by atoms with E-state index in [0.717, 1.165) is 12.1 Å². The number of nitrogens with zero attached hydrogens (tertiary/aromatic N) is 3. The number of H-pyrrole nitrogens is 1. The number of aromatic nitrogens is 4. The molecule has 2 aromatic rings. The molecule has 0 aliphatic heterocycles. The van der Waals surface area contributed by atoms with Crippen molar-refractivity contribution in [2.45, 2.75) is 20.4 Å². The van der Waals surface area contributed by atoms with Gasteiger partial charge >= 0.3 is 5.97 Å². The molecular weight excluding hydrogens is 220 g/mol. The van der Waals surface area contributed by atoms with E-state index in [4.69, 9.17) is 4.74 Å². The fourth-order valence-corrected chi connectivity index (χ4v) is 1.54. The van der Waals surface area contributed by atoms with Crippen LogP contribution in [0.15, 0.2) is 18.6 Å². The highest BCUT2D eigenvalue weighted by Crippen LogP contribution is 2.21. The van der Waals surface area contributed by atoms with E-state index in [2.05, 4.69) is 15.3 Å². The highest BCUT2D eigenvalue weighted by molar-refractivity contribution is 5.94. The summed E-state index contributed by atoms with van der Waals surface area (Å²) in [6.45, 7) is 4.89. The minimum Gasteiger partial charge on any atom is -0.461 e. The van der Waals surface area contributed by atoms with Crippen LogP contribution in [0.3, 0.4) is 0 Å². The monoisotopic (exact) mass is 234 g/mol. The van der Waals surface area contributed by atoms with Gasteiger partial charge in [0.1, 0.15) is 0 Å². The average molecular weight is 234 g/mol. The zero-order valence-electron chi connectivity index (χ0n) is 9.80. The third kappa shape index (κ3) is 2.20. The SMILES string of the molecule is CCOC(=O)c1[nH]ncc1-c1cnn(CC)c1. The summed E-state index contributed by atoms with van der Waals surface area (Å²) >= 11 is 0. The molecule has 6 nitrogen and oxygen atoms in total. The molecule has 0 radical (unpaired) electrons. The number of aromatic amines is 1. The average Bonchev–Trinajstić information content (AvgIpc) is 2.97. The van der Waals surface area contributed by atoms with Gasteiger partial charge in [-0.2, -0.15) is 10.2 Å². The van der Waals surface area contributed by atoms with Gasteiger partial charge in [0.05, 0.1) is 19.0 Å². The van der Waals surface area contributed by atoms with Gasteiger partial charge < -0.3 is 4.74 Å². The molecule has 0 aliphatic rings. The lowest BCUT2D eigenvalue weighted by molar-refractivity contribution is 0.0520. The Kier molecular flexibility index (Phi) is 3.22. The van der Waals surface area contributed by atoms with E-state index in [-0.39, 0.29) is 0 Å². The molecule has 2 rings (SSSR count). The van der Waals surface area contributed by atoms with Crippen LogP contribution in [-0.2, 0) is 11.3 Å². The van der Waals surface area contributed by atoms with Gasteiger partial charge in [-0.1, -0.05) is 0 Å². The summed E-state index contributed by atoms with van der Waals surface area (Å²) in [5, 5.41) is 10.7. The first-order chi connectivity index (χ1) is 8.26. The van der Waals surface area contributed by atoms with Gasteiger partial charge in [0.25, 0.3) is 0 Å². The zero-order chi connectivity index (χ0) is 12.3. The van der Waals surface area contributed by atoms with Crippen LogP contribution < -0.4 is 0 Å². The molecule has 1 N–H and O–H groups in total. The third-order valence-corrected chi connectivity index (χ3v) is 2.39. The maximum absolute atomic E-state index is 11.7. The number of rotatable bonds is 4. The Hall–Kier alpha value is -2.11. The fraction of sp³-hybridized carbons (Fsp3) is 0.364. The molecule has 0 bridgehead atoms. The lowest BCUT2D eigenvalue weighted by atomic mass is 10.1. The van der Waals surface area contributed by atoms with Gasteiger partial charge in [-0.25, -0.2) is 4.79 Å². The van der Waals surface area contributed by atoms with Crippen molar-refractivity contribution in [2.75, 3.05) is 6.61 Å². The van der Waals surface area contributed by atoms with Crippen LogP contribution in [0.5, 0.6) is 0 Å². The first-order valence-electron chi connectivity index (χ1n) is 5.49. The molecule has 0 spiro atoms. The molecule has 2 aromatic heterocycles. The van der Waals surface area contributed by atoms with E-state index in [1.165, 1.54) is 0 Å². The van der Waals surface area contributed by atoms with Gasteiger partial charge in [0.15, 0.2) is 5.69 Å². The first kappa shape index (κ1) is 11.4. The predicted molar refractivity (Wildman–Crippen MR) is 61.4 cm³/mol. The van der Waals surface area contributed by atoms with Gasteiger partial charge in [-0.05, 0) is 13.8 Å². The van der Waals surface area contributed by atoms with E-state index < -0.39 is 5.97 Å².